The lowest BCUT2D eigenvalue weighted by Gasteiger charge is -2.33. The highest BCUT2D eigenvalue weighted by atomic mass is 19.1. The van der Waals surface area contributed by atoms with Crippen molar-refractivity contribution in [2.24, 2.45) is 11.8 Å². The van der Waals surface area contributed by atoms with Crippen molar-refractivity contribution in [2.75, 3.05) is 29.9 Å². The van der Waals surface area contributed by atoms with Gasteiger partial charge in [-0.15, -0.1) is 0 Å². The Labute approximate surface area is 185 Å². The van der Waals surface area contributed by atoms with E-state index in [2.05, 4.69) is 5.32 Å². The van der Waals surface area contributed by atoms with Gasteiger partial charge in [0.05, 0.1) is 11.6 Å². The third kappa shape index (κ3) is 4.64. The first kappa shape index (κ1) is 21.9. The fourth-order valence-electron chi connectivity index (χ4n) is 4.29. The number of anilines is 2. The van der Waals surface area contributed by atoms with Crippen molar-refractivity contribution in [1.82, 2.24) is 4.90 Å². The number of hydrogen-bond donors (Lipinski definition) is 1. The molecule has 6 nitrogen and oxygen atoms in total. The van der Waals surface area contributed by atoms with E-state index in [0.29, 0.717) is 32.5 Å². The summed E-state index contributed by atoms with van der Waals surface area (Å²) >= 11 is 0. The van der Waals surface area contributed by atoms with Gasteiger partial charge in [-0.3, -0.25) is 14.4 Å². The van der Waals surface area contributed by atoms with E-state index in [4.69, 9.17) is 0 Å². The van der Waals surface area contributed by atoms with Crippen LogP contribution < -0.4 is 10.2 Å². The van der Waals surface area contributed by atoms with Crippen molar-refractivity contribution in [2.45, 2.75) is 26.2 Å². The average molecular weight is 441 g/mol. The lowest BCUT2D eigenvalue weighted by molar-refractivity contribution is -0.138. The third-order valence-corrected chi connectivity index (χ3v) is 6.19. The summed E-state index contributed by atoms with van der Waals surface area (Å²) in [6.45, 7) is 3.13. The molecular weight excluding hydrogens is 416 g/mol. The van der Waals surface area contributed by atoms with Crippen LogP contribution in [-0.4, -0.2) is 42.3 Å². The Hall–Kier alpha value is -3.29. The quantitative estimate of drug-likeness (QED) is 0.790. The molecule has 0 spiro atoms. The molecule has 2 fully saturated rings. The highest BCUT2D eigenvalue weighted by Gasteiger charge is 2.38. The van der Waals surface area contributed by atoms with Crippen LogP contribution in [0.5, 0.6) is 0 Å². The van der Waals surface area contributed by atoms with Crippen molar-refractivity contribution in [1.29, 1.82) is 0 Å². The Bertz CT molecular complexity index is 1030. The normalized spacial score (nSPS) is 19.3. The minimum atomic E-state index is -0.824. The van der Waals surface area contributed by atoms with Crippen molar-refractivity contribution in [3.8, 4) is 0 Å². The van der Waals surface area contributed by atoms with Crippen LogP contribution in [0.3, 0.4) is 0 Å². The summed E-state index contributed by atoms with van der Waals surface area (Å²) in [6, 6.07) is 10.6. The molecule has 2 saturated heterocycles. The van der Waals surface area contributed by atoms with Crippen LogP contribution in [-0.2, 0) is 14.4 Å². The molecule has 2 aromatic rings. The Morgan fingerprint density at radius 2 is 1.69 bits per heavy atom. The van der Waals surface area contributed by atoms with Crippen molar-refractivity contribution >= 4 is 29.1 Å². The molecule has 0 bridgehead atoms. The van der Waals surface area contributed by atoms with E-state index in [-0.39, 0.29) is 35.7 Å². The van der Waals surface area contributed by atoms with E-state index < -0.39 is 17.6 Å². The second kappa shape index (κ2) is 9.06. The van der Waals surface area contributed by atoms with Crippen LogP contribution in [0.15, 0.2) is 42.5 Å². The van der Waals surface area contributed by atoms with Gasteiger partial charge in [0.1, 0.15) is 11.6 Å². The van der Waals surface area contributed by atoms with Crippen molar-refractivity contribution < 1.29 is 23.2 Å². The first-order valence-corrected chi connectivity index (χ1v) is 10.7. The molecule has 0 radical (unpaired) electrons. The number of likely N-dealkylation sites (tertiary alicyclic amines) is 1. The summed E-state index contributed by atoms with van der Waals surface area (Å²) < 4.78 is 26.8. The molecule has 2 aromatic carbocycles. The number of halogens is 2. The molecule has 0 unspecified atom stereocenters. The van der Waals surface area contributed by atoms with Crippen LogP contribution >= 0.6 is 0 Å². The number of hydrogen-bond acceptors (Lipinski definition) is 3. The number of carbonyl (C=O) groups is 3. The lowest BCUT2D eigenvalue weighted by atomic mass is 9.94. The average Bonchev–Trinajstić information content (AvgIpc) is 3.17. The second-order valence-corrected chi connectivity index (χ2v) is 8.45. The monoisotopic (exact) mass is 441 g/mol. The fourth-order valence-corrected chi connectivity index (χ4v) is 4.29. The van der Waals surface area contributed by atoms with E-state index in [9.17, 15) is 23.2 Å². The number of carbonyl (C=O) groups excluding carboxylic acids is 3. The van der Waals surface area contributed by atoms with E-state index >= 15 is 0 Å². The number of nitrogens with one attached hydrogen (secondary N) is 1. The van der Waals surface area contributed by atoms with E-state index in [0.717, 1.165) is 23.4 Å². The lowest BCUT2D eigenvalue weighted by Crippen LogP contribution is -2.44. The van der Waals surface area contributed by atoms with Gasteiger partial charge in [-0.05, 0) is 44.0 Å². The summed E-state index contributed by atoms with van der Waals surface area (Å²) in [4.78, 5) is 41.3. The first-order valence-electron chi connectivity index (χ1n) is 10.7. The van der Waals surface area contributed by atoms with Crippen molar-refractivity contribution in [3.63, 3.8) is 0 Å². The van der Waals surface area contributed by atoms with Gasteiger partial charge in [-0.2, -0.15) is 0 Å². The first-order chi connectivity index (χ1) is 15.3. The van der Waals surface area contributed by atoms with Crippen molar-refractivity contribution in [3.05, 3.63) is 59.7 Å². The molecular formula is C24H25F2N3O3. The van der Waals surface area contributed by atoms with Gasteiger partial charge >= 0.3 is 0 Å². The molecule has 0 saturated carbocycles. The minimum Gasteiger partial charge on any atom is -0.342 e. The number of aryl methyl sites for hydroxylation is 1. The van der Waals surface area contributed by atoms with Gasteiger partial charge in [0.2, 0.25) is 17.7 Å². The summed E-state index contributed by atoms with van der Waals surface area (Å²) in [5.41, 5.74) is 1.83. The van der Waals surface area contributed by atoms with Crippen LogP contribution in [0.25, 0.3) is 0 Å². The Morgan fingerprint density at radius 1 is 1.00 bits per heavy atom. The maximum atomic E-state index is 13.8. The van der Waals surface area contributed by atoms with Gasteiger partial charge < -0.3 is 15.1 Å². The van der Waals surface area contributed by atoms with Crippen LogP contribution in [0.1, 0.15) is 24.8 Å². The SMILES string of the molecule is Cc1ccc(N2C[C@@H](C(=O)N3CCC(C(=O)Nc4ccc(F)cc4F)CC3)CC2=O)cc1. The maximum Gasteiger partial charge on any atom is 0.228 e. The predicted molar refractivity (Wildman–Crippen MR) is 116 cm³/mol. The Morgan fingerprint density at radius 3 is 2.34 bits per heavy atom. The largest absolute Gasteiger partial charge is 0.342 e. The zero-order valence-electron chi connectivity index (χ0n) is 17.8. The van der Waals surface area contributed by atoms with E-state index in [1.54, 1.807) is 9.80 Å². The van der Waals surface area contributed by atoms with Crippen LogP contribution in [0.4, 0.5) is 20.2 Å². The molecule has 4 rings (SSSR count). The van der Waals surface area contributed by atoms with Gasteiger partial charge in [-0.1, -0.05) is 17.7 Å². The van der Waals surface area contributed by atoms with E-state index in [1.807, 2.05) is 31.2 Å². The maximum absolute atomic E-state index is 13.8. The number of nitrogens with zero attached hydrogens (tertiary/aromatic N) is 2. The topological polar surface area (TPSA) is 69.7 Å². The summed E-state index contributed by atoms with van der Waals surface area (Å²) in [5, 5.41) is 2.50. The molecule has 2 aliphatic heterocycles. The molecule has 1 atom stereocenters. The molecule has 2 heterocycles. The summed E-state index contributed by atoms with van der Waals surface area (Å²) in [5.74, 6) is -2.78. The number of amides is 3. The summed E-state index contributed by atoms with van der Waals surface area (Å²) in [7, 11) is 0. The fraction of sp³-hybridized carbons (Fsp3) is 0.375. The second-order valence-electron chi connectivity index (χ2n) is 8.45. The van der Waals surface area contributed by atoms with Gasteiger partial charge in [0.25, 0.3) is 0 Å². The van der Waals surface area contributed by atoms with Gasteiger partial charge in [-0.25, -0.2) is 8.78 Å². The molecule has 2 aliphatic rings. The Balaban J connectivity index is 1.31. The Kier molecular flexibility index (Phi) is 6.21. The number of benzene rings is 2. The summed E-state index contributed by atoms with van der Waals surface area (Å²) in [6.07, 6.45) is 1.07. The molecule has 1 N–H and O–H groups in total. The highest BCUT2D eigenvalue weighted by Crippen LogP contribution is 2.28. The molecule has 168 valence electrons. The number of piperidine rings is 1. The van der Waals surface area contributed by atoms with Crippen LogP contribution in [0.2, 0.25) is 0 Å². The number of rotatable bonds is 4. The molecule has 0 aliphatic carbocycles. The smallest absolute Gasteiger partial charge is 0.228 e. The zero-order valence-corrected chi connectivity index (χ0v) is 17.8. The minimum absolute atomic E-state index is 0.0597. The van der Waals surface area contributed by atoms with Crippen LogP contribution in [0, 0.1) is 30.4 Å². The third-order valence-electron chi connectivity index (χ3n) is 6.19. The standard InChI is InChI=1S/C24H25F2N3O3/c1-15-2-5-19(6-3-15)29-14-17(12-22(29)30)24(32)28-10-8-16(9-11-28)23(31)27-21-7-4-18(25)13-20(21)26/h2-7,13,16-17H,8-12,14H2,1H3,(H,27,31)/t17-/m0/s1. The zero-order chi connectivity index (χ0) is 22.8. The molecule has 3 amide bonds. The highest BCUT2D eigenvalue weighted by molar-refractivity contribution is 6.00. The molecule has 0 aromatic heterocycles. The van der Waals surface area contributed by atoms with Gasteiger partial charge in [0, 0.05) is 43.7 Å². The van der Waals surface area contributed by atoms with Gasteiger partial charge in [0.15, 0.2) is 0 Å². The predicted octanol–water partition coefficient (Wildman–Crippen LogP) is 3.50. The van der Waals surface area contributed by atoms with E-state index in [1.165, 1.54) is 6.07 Å². The molecule has 8 heteroatoms. The molecule has 32 heavy (non-hydrogen) atoms.